The second kappa shape index (κ2) is 8.86. The average molecular weight is 487 g/mol. The summed E-state index contributed by atoms with van der Waals surface area (Å²) in [5.41, 5.74) is 4.31. The molecule has 0 spiro atoms. The van der Waals surface area contributed by atoms with Gasteiger partial charge >= 0.3 is 0 Å². The molecule has 1 aliphatic carbocycles. The van der Waals surface area contributed by atoms with Crippen LogP contribution in [0.25, 0.3) is 22.3 Å². The number of nitrogens with zero attached hydrogens (tertiary/aromatic N) is 7. The molecule has 0 aromatic carbocycles. The third-order valence-electron chi connectivity index (χ3n) is 7.85. The number of pyridine rings is 1. The van der Waals surface area contributed by atoms with E-state index in [1.807, 2.05) is 50.6 Å². The van der Waals surface area contributed by atoms with Gasteiger partial charge in [-0.05, 0) is 43.9 Å². The van der Waals surface area contributed by atoms with Crippen LogP contribution in [0.1, 0.15) is 36.2 Å². The van der Waals surface area contributed by atoms with Gasteiger partial charge in [-0.2, -0.15) is 0 Å². The number of nitrogens with one attached hydrogen (secondary N) is 1. The highest BCUT2D eigenvalue weighted by Crippen LogP contribution is 2.30. The molecule has 4 aromatic heterocycles. The first-order chi connectivity index (χ1) is 17.7. The maximum absolute atomic E-state index is 13.0. The molecule has 36 heavy (non-hydrogen) atoms. The van der Waals surface area contributed by atoms with Gasteiger partial charge in [-0.15, -0.1) is 5.10 Å². The Labute approximate surface area is 208 Å². The Morgan fingerprint density at radius 3 is 2.67 bits per heavy atom. The highest BCUT2D eigenvalue weighted by atomic mass is 16.5. The normalized spacial score (nSPS) is 22.8. The van der Waals surface area contributed by atoms with Gasteiger partial charge in [0.15, 0.2) is 0 Å². The SMILES string of the molecule is O=C(c1cnc2ccc(-c3ccn4nc(NC5CC(N6CCOCC6)C5)ncc34)cn12)N1CCCC1. The second-order valence-corrected chi connectivity index (χ2v) is 10.0. The number of anilines is 1. The highest BCUT2D eigenvalue weighted by molar-refractivity contribution is 5.93. The van der Waals surface area contributed by atoms with E-state index >= 15 is 0 Å². The molecule has 1 saturated carbocycles. The van der Waals surface area contributed by atoms with Gasteiger partial charge in [0.1, 0.15) is 11.3 Å². The fourth-order valence-corrected chi connectivity index (χ4v) is 5.72. The Balaban J connectivity index is 1.10. The summed E-state index contributed by atoms with van der Waals surface area (Å²) in [7, 11) is 0. The lowest BCUT2D eigenvalue weighted by Crippen LogP contribution is -2.53. The van der Waals surface area contributed by atoms with E-state index in [0.717, 1.165) is 87.4 Å². The predicted octanol–water partition coefficient (Wildman–Crippen LogP) is 2.56. The molecule has 10 heteroatoms. The summed E-state index contributed by atoms with van der Waals surface area (Å²) in [6.07, 6.45) is 11.9. The van der Waals surface area contributed by atoms with Crippen LogP contribution in [0.4, 0.5) is 5.95 Å². The Kier molecular flexibility index (Phi) is 5.36. The van der Waals surface area contributed by atoms with Crippen LogP contribution in [-0.2, 0) is 4.74 Å². The lowest BCUT2D eigenvalue weighted by atomic mass is 9.85. The van der Waals surface area contributed by atoms with E-state index in [-0.39, 0.29) is 5.91 Å². The van der Waals surface area contributed by atoms with Gasteiger partial charge in [0.2, 0.25) is 5.95 Å². The fourth-order valence-electron chi connectivity index (χ4n) is 5.72. The maximum Gasteiger partial charge on any atom is 0.272 e. The van der Waals surface area contributed by atoms with Crippen LogP contribution in [0.2, 0.25) is 0 Å². The third kappa shape index (κ3) is 3.81. The average Bonchev–Trinajstić information content (AvgIpc) is 3.65. The number of rotatable bonds is 5. The van der Waals surface area contributed by atoms with Crippen molar-refractivity contribution in [3.8, 4) is 11.1 Å². The highest BCUT2D eigenvalue weighted by Gasteiger charge is 2.34. The molecule has 186 valence electrons. The number of carbonyl (C=O) groups excluding carboxylic acids is 1. The molecular weight excluding hydrogens is 456 g/mol. The number of carbonyl (C=O) groups is 1. The van der Waals surface area contributed by atoms with Gasteiger partial charge < -0.3 is 15.0 Å². The van der Waals surface area contributed by atoms with Crippen molar-refractivity contribution in [1.82, 2.24) is 33.8 Å². The van der Waals surface area contributed by atoms with Crippen LogP contribution >= 0.6 is 0 Å². The van der Waals surface area contributed by atoms with Gasteiger partial charge in [-0.3, -0.25) is 14.1 Å². The lowest BCUT2D eigenvalue weighted by Gasteiger charge is -2.44. The van der Waals surface area contributed by atoms with Gasteiger partial charge in [0.05, 0.1) is 31.1 Å². The van der Waals surface area contributed by atoms with Crippen molar-refractivity contribution in [1.29, 1.82) is 0 Å². The predicted molar refractivity (Wildman–Crippen MR) is 135 cm³/mol. The van der Waals surface area contributed by atoms with Crippen molar-refractivity contribution in [2.45, 2.75) is 37.8 Å². The van der Waals surface area contributed by atoms with E-state index in [4.69, 9.17) is 9.84 Å². The first kappa shape index (κ1) is 21.8. The zero-order valence-corrected chi connectivity index (χ0v) is 20.2. The summed E-state index contributed by atoms with van der Waals surface area (Å²) in [6, 6.07) is 7.08. The van der Waals surface area contributed by atoms with E-state index in [2.05, 4.69) is 20.2 Å². The molecule has 10 nitrogen and oxygen atoms in total. The molecule has 0 unspecified atom stereocenters. The molecule has 0 atom stereocenters. The van der Waals surface area contributed by atoms with Crippen LogP contribution in [-0.4, -0.2) is 91.2 Å². The molecule has 1 amide bonds. The molecule has 7 rings (SSSR count). The van der Waals surface area contributed by atoms with Crippen LogP contribution in [0.5, 0.6) is 0 Å². The number of aromatic nitrogens is 5. The largest absolute Gasteiger partial charge is 0.379 e. The van der Waals surface area contributed by atoms with Crippen molar-refractivity contribution in [2.75, 3.05) is 44.7 Å². The van der Waals surface area contributed by atoms with E-state index < -0.39 is 0 Å². The Bertz CT molecular complexity index is 1410. The Morgan fingerprint density at radius 2 is 1.83 bits per heavy atom. The topological polar surface area (TPSA) is 92.3 Å². The number of imidazole rings is 1. The van der Waals surface area contributed by atoms with Crippen molar-refractivity contribution in [3.63, 3.8) is 0 Å². The molecule has 1 N–H and O–H groups in total. The van der Waals surface area contributed by atoms with Crippen molar-refractivity contribution < 1.29 is 9.53 Å². The van der Waals surface area contributed by atoms with E-state index in [1.165, 1.54) is 0 Å². The molecule has 3 fully saturated rings. The van der Waals surface area contributed by atoms with E-state index in [0.29, 0.717) is 23.7 Å². The van der Waals surface area contributed by atoms with Crippen LogP contribution in [0.15, 0.2) is 43.0 Å². The van der Waals surface area contributed by atoms with Gasteiger partial charge in [0, 0.05) is 61.8 Å². The lowest BCUT2D eigenvalue weighted by molar-refractivity contribution is -0.00443. The number of likely N-dealkylation sites (tertiary alicyclic amines) is 1. The summed E-state index contributed by atoms with van der Waals surface area (Å²) in [5.74, 6) is 0.698. The first-order valence-corrected chi connectivity index (χ1v) is 12.9. The summed E-state index contributed by atoms with van der Waals surface area (Å²) in [6.45, 7) is 5.38. The monoisotopic (exact) mass is 486 g/mol. The molecule has 4 aromatic rings. The number of hydrogen-bond donors (Lipinski definition) is 1. The number of morpholine rings is 1. The van der Waals surface area contributed by atoms with Gasteiger partial charge in [-0.1, -0.05) is 0 Å². The molecule has 0 radical (unpaired) electrons. The van der Waals surface area contributed by atoms with Gasteiger partial charge in [0.25, 0.3) is 5.91 Å². The Morgan fingerprint density at radius 1 is 1.00 bits per heavy atom. The summed E-state index contributed by atoms with van der Waals surface area (Å²) in [4.78, 5) is 26.5. The molecule has 0 bridgehead atoms. The number of fused-ring (bicyclic) bond motifs is 2. The molecule has 3 aliphatic rings. The van der Waals surface area contributed by atoms with Crippen LogP contribution in [0.3, 0.4) is 0 Å². The van der Waals surface area contributed by atoms with Crippen LogP contribution < -0.4 is 5.32 Å². The molecule has 6 heterocycles. The van der Waals surface area contributed by atoms with Crippen molar-refractivity contribution >= 4 is 23.0 Å². The Hall–Kier alpha value is -3.50. The third-order valence-corrected chi connectivity index (χ3v) is 7.85. The van der Waals surface area contributed by atoms with E-state index in [1.54, 1.807) is 6.20 Å². The fraction of sp³-hybridized carbons (Fsp3) is 0.462. The smallest absolute Gasteiger partial charge is 0.272 e. The number of hydrogen-bond acceptors (Lipinski definition) is 7. The summed E-state index contributed by atoms with van der Waals surface area (Å²) < 4.78 is 9.24. The molecule has 2 aliphatic heterocycles. The zero-order chi connectivity index (χ0) is 24.1. The zero-order valence-electron chi connectivity index (χ0n) is 20.2. The quantitative estimate of drug-likeness (QED) is 0.464. The molecule has 2 saturated heterocycles. The molecular formula is C26H30N8O2. The minimum atomic E-state index is 0.0461. The standard InChI is InChI=1S/C26H30N8O2/c35-25(32-6-1-2-7-32)23-16-27-24-4-3-18(17-33(23)24)21-5-8-34-22(21)15-28-26(30-34)29-19-13-20(14-19)31-9-11-36-12-10-31/h3-5,8,15-17,19-20H,1-2,6-7,9-14H2,(H,29,30). The van der Waals surface area contributed by atoms with E-state index in [9.17, 15) is 4.79 Å². The number of ether oxygens (including phenoxy) is 1. The maximum atomic E-state index is 13.0. The minimum Gasteiger partial charge on any atom is -0.379 e. The minimum absolute atomic E-state index is 0.0461. The number of amides is 1. The van der Waals surface area contributed by atoms with Crippen molar-refractivity contribution in [2.24, 2.45) is 0 Å². The van der Waals surface area contributed by atoms with Crippen LogP contribution in [0, 0.1) is 0 Å². The first-order valence-electron chi connectivity index (χ1n) is 12.9. The van der Waals surface area contributed by atoms with Gasteiger partial charge in [-0.25, -0.2) is 14.5 Å². The summed E-state index contributed by atoms with van der Waals surface area (Å²) in [5, 5.41) is 8.21. The second-order valence-electron chi connectivity index (χ2n) is 10.0. The van der Waals surface area contributed by atoms with Crippen molar-refractivity contribution in [3.05, 3.63) is 48.7 Å². The summed E-state index contributed by atoms with van der Waals surface area (Å²) >= 11 is 0.